The van der Waals surface area contributed by atoms with Crippen LogP contribution in [0.5, 0.6) is 0 Å². The summed E-state index contributed by atoms with van der Waals surface area (Å²) in [5.74, 6) is -28.0. The van der Waals surface area contributed by atoms with E-state index in [1.54, 1.807) is 0 Å². The van der Waals surface area contributed by atoms with Gasteiger partial charge < -0.3 is 4.55 Å². The second-order valence-electron chi connectivity index (χ2n) is 3.75. The van der Waals surface area contributed by atoms with Crippen LogP contribution >= 0.6 is 0 Å². The third-order valence-corrected chi connectivity index (χ3v) is 3.26. The molecule has 0 N–H and O–H groups in total. The first-order valence-electron chi connectivity index (χ1n) is 4.65. The predicted octanol–water partition coefficient (Wildman–Crippen LogP) is 0.0796. The van der Waals surface area contributed by atoms with Crippen LogP contribution in [0.3, 0.4) is 0 Å². The minimum absolute atomic E-state index is 0. The maximum Gasteiger partial charge on any atom is 1.00 e. The van der Waals surface area contributed by atoms with Crippen molar-refractivity contribution in [3.63, 3.8) is 0 Å². The Labute approximate surface area is 139 Å². The molecule has 0 saturated heterocycles. The van der Waals surface area contributed by atoms with Crippen LogP contribution in [0.15, 0.2) is 0 Å². The summed E-state index contributed by atoms with van der Waals surface area (Å²) < 4.78 is 156. The smallest absolute Gasteiger partial charge is 0.743 e. The Morgan fingerprint density at radius 1 is 0.773 bits per heavy atom. The molecule has 0 atom stereocenters. The normalized spacial score (nSPS) is 15.5. The summed E-state index contributed by atoms with van der Waals surface area (Å²) >= 11 is 0. The zero-order chi connectivity index (χ0) is 17.7. The molecule has 128 valence electrons. The number of hydrogen-bond donors (Lipinski definition) is 0. The predicted molar refractivity (Wildman–Crippen MR) is 44.7 cm³/mol. The molecular weight excluding hydrogens is 377 g/mol. The van der Waals surface area contributed by atoms with Gasteiger partial charge in [0.2, 0.25) is 0 Å². The van der Waals surface area contributed by atoms with Gasteiger partial charge in [-0.25, -0.2) is 8.42 Å². The van der Waals surface area contributed by atoms with Crippen molar-refractivity contribution in [2.45, 2.75) is 42.3 Å². The third kappa shape index (κ3) is 3.21. The second-order valence-corrected chi connectivity index (χ2v) is 5.17. The van der Waals surface area contributed by atoms with Crippen LogP contribution in [0.2, 0.25) is 0 Å². The molecular formula is C7H5F10NaO3S. The van der Waals surface area contributed by atoms with Crippen LogP contribution in [0, 0.1) is 0 Å². The molecule has 0 heterocycles. The van der Waals surface area contributed by atoms with Gasteiger partial charge in [0, 0.05) is 6.42 Å². The summed E-state index contributed by atoms with van der Waals surface area (Å²) in [6, 6.07) is 0. The van der Waals surface area contributed by atoms with E-state index in [4.69, 9.17) is 0 Å². The van der Waals surface area contributed by atoms with Crippen molar-refractivity contribution in [3.05, 3.63) is 0 Å². The summed E-state index contributed by atoms with van der Waals surface area (Å²) in [6.07, 6.45) is -2.15. The first-order valence-corrected chi connectivity index (χ1v) is 6.06. The number of halogens is 10. The number of hydrogen-bond acceptors (Lipinski definition) is 3. The molecule has 3 nitrogen and oxygen atoms in total. The summed E-state index contributed by atoms with van der Waals surface area (Å²) in [5, 5.41) is -7.24. The Kier molecular flexibility index (Phi) is 6.96. The maximum atomic E-state index is 12.8. The summed E-state index contributed by atoms with van der Waals surface area (Å²) in [7, 11) is -7.55. The fourth-order valence-electron chi connectivity index (χ4n) is 0.989. The van der Waals surface area contributed by atoms with Crippen LogP contribution in [-0.2, 0) is 10.1 Å². The van der Waals surface area contributed by atoms with Crippen molar-refractivity contribution < 1.29 is 86.4 Å². The van der Waals surface area contributed by atoms with Crippen LogP contribution < -0.4 is 29.6 Å². The van der Waals surface area contributed by atoms with E-state index < -0.39 is 45.5 Å². The molecule has 0 aliphatic carbocycles. The van der Waals surface area contributed by atoms with Crippen LogP contribution in [0.4, 0.5) is 43.9 Å². The first-order chi connectivity index (χ1) is 8.81. The standard InChI is InChI=1S/C7H6F10O3S.Na/c1-2-3(8,9)4(10,11)5(12,13)6(14,15)7(16,17)21(18,19)20;/h2H2,1H3,(H,18,19,20);/q;+1/p-1. The molecule has 0 fully saturated rings. The van der Waals surface area contributed by atoms with Crippen molar-refractivity contribution in [2.24, 2.45) is 0 Å². The van der Waals surface area contributed by atoms with E-state index in [0.29, 0.717) is 0 Å². The zero-order valence-corrected chi connectivity index (χ0v) is 13.4. The SMILES string of the molecule is CCC(F)(F)C(F)(F)C(F)(F)C(F)(F)C(F)(F)S(=O)(=O)[O-].[Na+]. The molecule has 0 bridgehead atoms. The van der Waals surface area contributed by atoms with E-state index in [-0.39, 0.29) is 36.5 Å². The van der Waals surface area contributed by atoms with E-state index in [9.17, 15) is 56.9 Å². The van der Waals surface area contributed by atoms with Crippen LogP contribution in [-0.4, -0.2) is 41.9 Å². The molecule has 22 heavy (non-hydrogen) atoms. The molecule has 0 rings (SSSR count). The van der Waals surface area contributed by atoms with E-state index >= 15 is 0 Å². The molecule has 0 amide bonds. The van der Waals surface area contributed by atoms with E-state index in [2.05, 4.69) is 0 Å². The molecule has 0 saturated carbocycles. The van der Waals surface area contributed by atoms with Gasteiger partial charge in [-0.15, -0.1) is 0 Å². The number of alkyl halides is 10. The number of rotatable bonds is 6. The van der Waals surface area contributed by atoms with Crippen LogP contribution in [0.25, 0.3) is 0 Å². The van der Waals surface area contributed by atoms with Gasteiger partial charge in [-0.1, -0.05) is 6.92 Å². The molecule has 0 aromatic heterocycles. The average molecular weight is 382 g/mol. The monoisotopic (exact) mass is 382 g/mol. The maximum absolute atomic E-state index is 12.8. The van der Waals surface area contributed by atoms with Crippen LogP contribution in [0.1, 0.15) is 13.3 Å². The van der Waals surface area contributed by atoms with Gasteiger partial charge in [-0.05, 0) is 0 Å². The van der Waals surface area contributed by atoms with Gasteiger partial charge in [0.25, 0.3) is 0 Å². The van der Waals surface area contributed by atoms with Gasteiger partial charge >= 0.3 is 58.5 Å². The van der Waals surface area contributed by atoms with Crippen molar-refractivity contribution in [3.8, 4) is 0 Å². The molecule has 15 heteroatoms. The molecule has 0 radical (unpaired) electrons. The van der Waals surface area contributed by atoms with Gasteiger partial charge in [-0.3, -0.25) is 0 Å². The summed E-state index contributed by atoms with van der Waals surface area (Å²) in [6.45, 7) is 0.157. The third-order valence-electron chi connectivity index (χ3n) is 2.37. The van der Waals surface area contributed by atoms with Gasteiger partial charge in [-0.2, -0.15) is 43.9 Å². The van der Waals surface area contributed by atoms with Crippen molar-refractivity contribution in [1.29, 1.82) is 0 Å². The molecule has 0 aliphatic heterocycles. The second kappa shape index (κ2) is 6.26. The van der Waals surface area contributed by atoms with Gasteiger partial charge in [0.1, 0.15) is 0 Å². The first kappa shape index (κ1) is 24.5. The molecule has 0 aliphatic rings. The Hall–Kier alpha value is 0.210. The molecule has 0 aromatic rings. The Morgan fingerprint density at radius 2 is 1.09 bits per heavy atom. The van der Waals surface area contributed by atoms with Crippen molar-refractivity contribution in [2.75, 3.05) is 0 Å². The zero-order valence-electron chi connectivity index (χ0n) is 10.6. The Morgan fingerprint density at radius 3 is 1.32 bits per heavy atom. The van der Waals surface area contributed by atoms with E-state index in [1.807, 2.05) is 0 Å². The fourth-order valence-corrected chi connectivity index (χ4v) is 1.43. The molecule has 0 aromatic carbocycles. The largest absolute Gasteiger partial charge is 1.00 e. The van der Waals surface area contributed by atoms with Gasteiger partial charge in [0.15, 0.2) is 10.1 Å². The van der Waals surface area contributed by atoms with E-state index in [0.717, 1.165) is 0 Å². The Bertz CT molecular complexity index is 503. The minimum atomic E-state index is -7.58. The molecule has 0 unspecified atom stereocenters. The Balaban J connectivity index is 0. The minimum Gasteiger partial charge on any atom is -0.743 e. The summed E-state index contributed by atoms with van der Waals surface area (Å²) in [4.78, 5) is 0. The molecule has 0 spiro atoms. The quantitative estimate of drug-likeness (QED) is 0.372. The summed E-state index contributed by atoms with van der Waals surface area (Å²) in [5.41, 5.74) is 0. The van der Waals surface area contributed by atoms with E-state index in [1.165, 1.54) is 0 Å². The van der Waals surface area contributed by atoms with Crippen molar-refractivity contribution in [1.82, 2.24) is 0 Å². The average Bonchev–Trinajstić information content (AvgIpc) is 2.26. The fraction of sp³-hybridized carbons (Fsp3) is 1.00. The van der Waals surface area contributed by atoms with Gasteiger partial charge in [0.05, 0.1) is 0 Å². The topological polar surface area (TPSA) is 57.2 Å². The van der Waals surface area contributed by atoms with Crippen molar-refractivity contribution >= 4 is 10.1 Å².